The first kappa shape index (κ1) is 17.7. The molecular formula is C21H23N3O2. The molecule has 1 aromatic heterocycles. The van der Waals surface area contributed by atoms with Gasteiger partial charge in [-0.15, -0.1) is 0 Å². The van der Waals surface area contributed by atoms with Crippen LogP contribution in [-0.2, 0) is 13.0 Å². The fourth-order valence-corrected chi connectivity index (χ4v) is 2.83. The summed E-state index contributed by atoms with van der Waals surface area (Å²) in [7, 11) is 0. The molecule has 134 valence electrons. The van der Waals surface area contributed by atoms with E-state index in [1.807, 2.05) is 56.3 Å². The monoisotopic (exact) mass is 349 g/mol. The van der Waals surface area contributed by atoms with Gasteiger partial charge in [0.05, 0.1) is 11.3 Å². The molecule has 0 bridgehead atoms. The van der Waals surface area contributed by atoms with Crippen LogP contribution in [0, 0.1) is 13.8 Å². The lowest BCUT2D eigenvalue weighted by Crippen LogP contribution is -2.26. The molecule has 0 aliphatic carbocycles. The fraction of sp³-hybridized carbons (Fsp3) is 0.238. The number of nitrogens with one attached hydrogen (secondary N) is 2. The normalized spacial score (nSPS) is 10.5. The molecule has 0 atom stereocenters. The van der Waals surface area contributed by atoms with Gasteiger partial charge in [-0.1, -0.05) is 47.6 Å². The predicted molar refractivity (Wildman–Crippen MR) is 102 cm³/mol. The van der Waals surface area contributed by atoms with Crippen LogP contribution in [-0.4, -0.2) is 17.6 Å². The Morgan fingerprint density at radius 2 is 1.77 bits per heavy atom. The number of para-hydroxylation sites is 1. The molecule has 1 amide bonds. The first-order valence-corrected chi connectivity index (χ1v) is 8.72. The predicted octanol–water partition coefficient (Wildman–Crippen LogP) is 3.88. The molecule has 5 nitrogen and oxygen atoms in total. The molecule has 5 heteroatoms. The lowest BCUT2D eigenvalue weighted by atomic mass is 10.1. The fourth-order valence-electron chi connectivity index (χ4n) is 2.83. The van der Waals surface area contributed by atoms with Crippen LogP contribution in [0.4, 0.5) is 5.69 Å². The number of aromatic nitrogens is 1. The van der Waals surface area contributed by atoms with Gasteiger partial charge in [-0.05, 0) is 38.0 Å². The molecule has 3 rings (SSSR count). The van der Waals surface area contributed by atoms with E-state index in [9.17, 15) is 4.79 Å². The Morgan fingerprint density at radius 1 is 1.04 bits per heavy atom. The Labute approximate surface area is 153 Å². The molecule has 1 heterocycles. The van der Waals surface area contributed by atoms with Crippen molar-refractivity contribution in [1.82, 2.24) is 10.5 Å². The van der Waals surface area contributed by atoms with Gasteiger partial charge >= 0.3 is 0 Å². The maximum absolute atomic E-state index is 12.6. The van der Waals surface area contributed by atoms with E-state index < -0.39 is 0 Å². The third kappa shape index (κ3) is 4.30. The van der Waals surface area contributed by atoms with Gasteiger partial charge in [0.15, 0.2) is 0 Å². The molecule has 0 saturated heterocycles. The van der Waals surface area contributed by atoms with Crippen molar-refractivity contribution in [2.75, 3.05) is 11.9 Å². The number of benzene rings is 2. The molecule has 0 spiro atoms. The number of hydrogen-bond acceptors (Lipinski definition) is 4. The van der Waals surface area contributed by atoms with E-state index in [2.05, 4.69) is 27.9 Å². The van der Waals surface area contributed by atoms with Crippen molar-refractivity contribution < 1.29 is 9.32 Å². The maximum atomic E-state index is 12.6. The van der Waals surface area contributed by atoms with Crippen molar-refractivity contribution in [3.05, 3.63) is 82.7 Å². The second kappa shape index (κ2) is 8.34. The van der Waals surface area contributed by atoms with Gasteiger partial charge in [0.1, 0.15) is 5.76 Å². The molecule has 0 saturated carbocycles. The summed E-state index contributed by atoms with van der Waals surface area (Å²) in [6.45, 7) is 4.96. The summed E-state index contributed by atoms with van der Waals surface area (Å²) in [5.41, 5.74) is 4.51. The Balaban J connectivity index is 1.61. The number of hydrogen-bond donors (Lipinski definition) is 2. The van der Waals surface area contributed by atoms with Crippen molar-refractivity contribution >= 4 is 11.6 Å². The largest absolute Gasteiger partial charge is 0.380 e. The highest BCUT2D eigenvalue weighted by molar-refractivity contribution is 5.99. The van der Waals surface area contributed by atoms with Crippen molar-refractivity contribution in [3.63, 3.8) is 0 Å². The third-order valence-electron chi connectivity index (χ3n) is 4.35. The lowest BCUT2D eigenvalue weighted by molar-refractivity contribution is 0.0955. The average Bonchev–Trinajstić information content (AvgIpc) is 2.99. The van der Waals surface area contributed by atoms with E-state index in [1.165, 1.54) is 5.56 Å². The van der Waals surface area contributed by atoms with Crippen LogP contribution in [0.1, 0.15) is 32.9 Å². The lowest BCUT2D eigenvalue weighted by Gasteiger charge is -2.12. The quantitative estimate of drug-likeness (QED) is 0.679. The maximum Gasteiger partial charge on any atom is 0.253 e. The van der Waals surface area contributed by atoms with Crippen molar-refractivity contribution in [2.24, 2.45) is 0 Å². The van der Waals surface area contributed by atoms with Gasteiger partial charge in [-0.25, -0.2) is 0 Å². The van der Waals surface area contributed by atoms with Gasteiger partial charge in [0.25, 0.3) is 5.91 Å². The highest BCUT2D eigenvalue weighted by atomic mass is 16.5. The van der Waals surface area contributed by atoms with Gasteiger partial charge in [-0.2, -0.15) is 0 Å². The van der Waals surface area contributed by atoms with Gasteiger partial charge in [0.2, 0.25) is 0 Å². The summed E-state index contributed by atoms with van der Waals surface area (Å²) in [6.07, 6.45) is 0.807. The molecule has 0 aliphatic heterocycles. The van der Waals surface area contributed by atoms with E-state index in [-0.39, 0.29) is 5.91 Å². The van der Waals surface area contributed by atoms with Crippen LogP contribution in [0.5, 0.6) is 0 Å². The number of carbonyl (C=O) groups excluding carboxylic acids is 1. The summed E-state index contributed by atoms with van der Waals surface area (Å²) in [5, 5.41) is 10.3. The smallest absolute Gasteiger partial charge is 0.253 e. The van der Waals surface area contributed by atoms with Crippen LogP contribution in [0.2, 0.25) is 0 Å². The van der Waals surface area contributed by atoms with E-state index in [1.54, 1.807) is 0 Å². The zero-order valence-corrected chi connectivity index (χ0v) is 15.1. The Bertz CT molecular complexity index is 852. The first-order chi connectivity index (χ1) is 12.6. The van der Waals surface area contributed by atoms with Gasteiger partial charge in [0, 0.05) is 24.3 Å². The molecule has 3 aromatic rings. The Hall–Kier alpha value is -3.08. The number of rotatable bonds is 7. The number of nitrogens with zero attached hydrogens (tertiary/aromatic N) is 1. The topological polar surface area (TPSA) is 67.2 Å². The highest BCUT2D eigenvalue weighted by Gasteiger charge is 2.13. The average molecular weight is 349 g/mol. The van der Waals surface area contributed by atoms with Crippen LogP contribution < -0.4 is 10.6 Å². The Morgan fingerprint density at radius 3 is 2.50 bits per heavy atom. The van der Waals surface area contributed by atoms with Crippen molar-refractivity contribution in [3.8, 4) is 0 Å². The van der Waals surface area contributed by atoms with Crippen molar-refractivity contribution in [2.45, 2.75) is 26.8 Å². The Kier molecular flexibility index (Phi) is 5.69. The summed E-state index contributed by atoms with van der Waals surface area (Å²) in [4.78, 5) is 12.6. The third-order valence-corrected chi connectivity index (χ3v) is 4.35. The molecule has 0 aliphatic rings. The summed E-state index contributed by atoms with van der Waals surface area (Å²) < 4.78 is 5.19. The molecular weight excluding hydrogens is 326 g/mol. The van der Waals surface area contributed by atoms with E-state index >= 15 is 0 Å². The number of carbonyl (C=O) groups is 1. The summed E-state index contributed by atoms with van der Waals surface area (Å²) in [5.74, 6) is 0.711. The SMILES string of the molecule is Cc1noc(C)c1CNc1ccccc1C(=O)NCCc1ccccc1. The zero-order valence-electron chi connectivity index (χ0n) is 15.1. The van der Waals surface area contributed by atoms with Crippen LogP contribution >= 0.6 is 0 Å². The molecule has 26 heavy (non-hydrogen) atoms. The molecule has 0 unspecified atom stereocenters. The van der Waals surface area contributed by atoms with E-state index in [4.69, 9.17) is 4.52 Å². The standard InChI is InChI=1S/C21H23N3O2/c1-15-19(16(2)26-24-15)14-23-20-11-7-6-10-18(20)21(25)22-13-12-17-8-4-3-5-9-17/h3-11,23H,12-14H2,1-2H3,(H,22,25). The first-order valence-electron chi connectivity index (χ1n) is 8.72. The summed E-state index contributed by atoms with van der Waals surface area (Å²) >= 11 is 0. The van der Waals surface area contributed by atoms with E-state index in [0.29, 0.717) is 18.7 Å². The van der Waals surface area contributed by atoms with Crippen molar-refractivity contribution in [1.29, 1.82) is 0 Å². The molecule has 2 aromatic carbocycles. The minimum absolute atomic E-state index is 0.0807. The minimum Gasteiger partial charge on any atom is -0.380 e. The number of aryl methyl sites for hydroxylation is 2. The van der Waals surface area contributed by atoms with Crippen LogP contribution in [0.15, 0.2) is 59.1 Å². The van der Waals surface area contributed by atoms with Gasteiger partial charge in [-0.3, -0.25) is 4.79 Å². The molecule has 0 fully saturated rings. The van der Waals surface area contributed by atoms with Crippen LogP contribution in [0.25, 0.3) is 0 Å². The molecule has 2 N–H and O–H groups in total. The van der Waals surface area contributed by atoms with Gasteiger partial charge < -0.3 is 15.2 Å². The summed E-state index contributed by atoms with van der Waals surface area (Å²) in [6, 6.07) is 17.6. The minimum atomic E-state index is -0.0807. The molecule has 0 radical (unpaired) electrons. The number of amides is 1. The highest BCUT2D eigenvalue weighted by Crippen LogP contribution is 2.19. The van der Waals surface area contributed by atoms with Crippen LogP contribution in [0.3, 0.4) is 0 Å². The second-order valence-electron chi connectivity index (χ2n) is 6.19. The number of anilines is 1. The van der Waals surface area contributed by atoms with E-state index in [0.717, 1.165) is 29.1 Å². The second-order valence-corrected chi connectivity index (χ2v) is 6.19. The zero-order chi connectivity index (χ0) is 18.4.